The van der Waals surface area contributed by atoms with E-state index in [2.05, 4.69) is 23.8 Å². The predicted molar refractivity (Wildman–Crippen MR) is 56.0 cm³/mol. The number of nitrogens with zero attached hydrogens (tertiary/aromatic N) is 2. The molecule has 0 bridgehead atoms. The van der Waals surface area contributed by atoms with Gasteiger partial charge in [0.25, 0.3) is 0 Å². The van der Waals surface area contributed by atoms with Crippen LogP contribution in [0, 0.1) is 5.41 Å². The molecule has 3 heteroatoms. The zero-order chi connectivity index (χ0) is 10.2. The Hall–Kier alpha value is -0.570. The van der Waals surface area contributed by atoms with E-state index in [9.17, 15) is 4.79 Å². The maximum absolute atomic E-state index is 12.1. The van der Waals surface area contributed by atoms with Crippen LogP contribution in [0.25, 0.3) is 0 Å². The summed E-state index contributed by atoms with van der Waals surface area (Å²) in [5.41, 5.74) is 0.0654. The van der Waals surface area contributed by atoms with Crippen LogP contribution in [-0.4, -0.2) is 48.9 Å². The van der Waals surface area contributed by atoms with Crippen molar-refractivity contribution in [1.82, 2.24) is 9.80 Å². The first-order valence-electron chi connectivity index (χ1n) is 5.66. The van der Waals surface area contributed by atoms with Crippen LogP contribution in [0.4, 0.5) is 0 Å². The fourth-order valence-corrected chi connectivity index (χ4v) is 2.21. The number of amides is 1. The molecule has 14 heavy (non-hydrogen) atoms. The summed E-state index contributed by atoms with van der Waals surface area (Å²) in [6.07, 6.45) is 3.27. The molecule has 0 unspecified atom stereocenters. The Bertz CT molecular complexity index is 227. The molecule has 0 N–H and O–H groups in total. The van der Waals surface area contributed by atoms with Crippen LogP contribution in [0.15, 0.2) is 0 Å². The topological polar surface area (TPSA) is 23.6 Å². The Morgan fingerprint density at radius 1 is 1.21 bits per heavy atom. The van der Waals surface area contributed by atoms with E-state index in [4.69, 9.17) is 0 Å². The van der Waals surface area contributed by atoms with Gasteiger partial charge < -0.3 is 9.80 Å². The minimum atomic E-state index is 0.0654. The molecule has 1 aliphatic heterocycles. The average Bonchev–Trinajstić information content (AvgIpc) is 2.99. The Balaban J connectivity index is 1.92. The van der Waals surface area contributed by atoms with E-state index in [0.29, 0.717) is 5.91 Å². The summed E-state index contributed by atoms with van der Waals surface area (Å²) in [5.74, 6) is 0.424. The molecule has 0 atom stereocenters. The fourth-order valence-electron chi connectivity index (χ4n) is 2.21. The molecule has 1 saturated carbocycles. The first-order valence-corrected chi connectivity index (χ1v) is 5.66. The minimum absolute atomic E-state index is 0.0654. The third-order valence-corrected chi connectivity index (χ3v) is 3.77. The molecule has 0 aromatic heterocycles. The number of hydrogen-bond acceptors (Lipinski definition) is 2. The summed E-state index contributed by atoms with van der Waals surface area (Å²) in [4.78, 5) is 16.5. The van der Waals surface area contributed by atoms with Gasteiger partial charge in [-0.25, -0.2) is 0 Å². The van der Waals surface area contributed by atoms with Crippen molar-refractivity contribution in [1.29, 1.82) is 0 Å². The Labute approximate surface area is 86.1 Å². The molecule has 2 fully saturated rings. The first-order chi connectivity index (χ1) is 6.68. The highest BCUT2D eigenvalue weighted by Gasteiger charge is 2.49. The lowest BCUT2D eigenvalue weighted by atomic mass is 10.0. The lowest BCUT2D eigenvalue weighted by Gasteiger charge is -2.34. The molecule has 2 aliphatic rings. The monoisotopic (exact) mass is 196 g/mol. The van der Waals surface area contributed by atoms with Crippen LogP contribution in [0.3, 0.4) is 0 Å². The first kappa shape index (κ1) is 9.97. The van der Waals surface area contributed by atoms with E-state index in [1.807, 2.05) is 0 Å². The standard InChI is InChI=1S/C11H20N2O/c1-3-11(4-5-11)10(14)13-8-6-12(2)7-9-13/h3-9H2,1-2H3. The molecule has 1 heterocycles. The molecule has 0 spiro atoms. The zero-order valence-corrected chi connectivity index (χ0v) is 9.25. The molecule has 0 aromatic rings. The second kappa shape index (κ2) is 3.54. The van der Waals surface area contributed by atoms with Crippen molar-refractivity contribution in [2.45, 2.75) is 26.2 Å². The smallest absolute Gasteiger partial charge is 0.228 e. The van der Waals surface area contributed by atoms with Gasteiger partial charge in [0.15, 0.2) is 0 Å². The van der Waals surface area contributed by atoms with Crippen molar-refractivity contribution < 1.29 is 4.79 Å². The normalized spacial score (nSPS) is 26.3. The highest BCUT2D eigenvalue weighted by atomic mass is 16.2. The van der Waals surface area contributed by atoms with Crippen LogP contribution in [-0.2, 0) is 4.79 Å². The van der Waals surface area contributed by atoms with E-state index in [1.54, 1.807) is 0 Å². The maximum atomic E-state index is 12.1. The highest BCUT2D eigenvalue weighted by molar-refractivity contribution is 5.85. The largest absolute Gasteiger partial charge is 0.340 e. The summed E-state index contributed by atoms with van der Waals surface area (Å²) >= 11 is 0. The zero-order valence-electron chi connectivity index (χ0n) is 9.25. The van der Waals surface area contributed by atoms with Crippen molar-refractivity contribution >= 4 is 5.91 Å². The third-order valence-electron chi connectivity index (χ3n) is 3.77. The van der Waals surface area contributed by atoms with Gasteiger partial charge in [-0.05, 0) is 26.3 Å². The second-order valence-electron chi connectivity index (χ2n) is 4.73. The van der Waals surface area contributed by atoms with Crippen molar-refractivity contribution in [3.63, 3.8) is 0 Å². The Kier molecular flexibility index (Phi) is 2.52. The summed E-state index contributed by atoms with van der Waals surface area (Å²) in [7, 11) is 2.12. The quantitative estimate of drug-likeness (QED) is 0.656. The maximum Gasteiger partial charge on any atom is 0.228 e. The van der Waals surface area contributed by atoms with Crippen molar-refractivity contribution in [3.05, 3.63) is 0 Å². The summed E-state index contributed by atoms with van der Waals surface area (Å²) in [6, 6.07) is 0. The van der Waals surface area contributed by atoms with Gasteiger partial charge in [-0.2, -0.15) is 0 Å². The molecular formula is C11H20N2O. The third kappa shape index (κ3) is 1.65. The van der Waals surface area contributed by atoms with Gasteiger partial charge in [-0.3, -0.25) is 4.79 Å². The second-order valence-corrected chi connectivity index (χ2v) is 4.73. The average molecular weight is 196 g/mol. The lowest BCUT2D eigenvalue weighted by Crippen LogP contribution is -2.49. The van der Waals surface area contributed by atoms with E-state index in [0.717, 1.165) is 45.4 Å². The summed E-state index contributed by atoms with van der Waals surface area (Å²) in [5, 5.41) is 0. The molecule has 0 aromatic carbocycles. The number of piperazine rings is 1. The molecule has 80 valence electrons. The van der Waals surface area contributed by atoms with Gasteiger partial charge in [0.2, 0.25) is 5.91 Å². The predicted octanol–water partition coefficient (Wildman–Crippen LogP) is 0.951. The Morgan fingerprint density at radius 2 is 1.79 bits per heavy atom. The number of hydrogen-bond donors (Lipinski definition) is 0. The molecule has 0 radical (unpaired) electrons. The van der Waals surface area contributed by atoms with Crippen molar-refractivity contribution in [3.8, 4) is 0 Å². The van der Waals surface area contributed by atoms with Crippen LogP contribution in [0.1, 0.15) is 26.2 Å². The van der Waals surface area contributed by atoms with Gasteiger partial charge in [-0.15, -0.1) is 0 Å². The van der Waals surface area contributed by atoms with Crippen LogP contribution in [0.5, 0.6) is 0 Å². The molecule has 3 nitrogen and oxygen atoms in total. The van der Waals surface area contributed by atoms with Gasteiger partial charge in [0.05, 0.1) is 0 Å². The van der Waals surface area contributed by atoms with E-state index in [-0.39, 0.29) is 5.41 Å². The fraction of sp³-hybridized carbons (Fsp3) is 0.909. The van der Waals surface area contributed by atoms with E-state index < -0.39 is 0 Å². The SMILES string of the molecule is CCC1(C(=O)N2CCN(C)CC2)CC1. The van der Waals surface area contributed by atoms with Crippen LogP contribution < -0.4 is 0 Å². The van der Waals surface area contributed by atoms with Crippen LogP contribution >= 0.6 is 0 Å². The van der Waals surface area contributed by atoms with Gasteiger partial charge in [-0.1, -0.05) is 6.92 Å². The minimum Gasteiger partial charge on any atom is -0.340 e. The van der Waals surface area contributed by atoms with Gasteiger partial charge in [0.1, 0.15) is 0 Å². The molecular weight excluding hydrogens is 176 g/mol. The number of carbonyl (C=O) groups excluding carboxylic acids is 1. The van der Waals surface area contributed by atoms with Crippen LogP contribution in [0.2, 0.25) is 0 Å². The molecule has 2 rings (SSSR count). The molecule has 1 amide bonds. The number of rotatable bonds is 2. The highest BCUT2D eigenvalue weighted by Crippen LogP contribution is 2.50. The summed E-state index contributed by atoms with van der Waals surface area (Å²) < 4.78 is 0. The number of likely N-dealkylation sites (N-methyl/N-ethyl adjacent to an activating group) is 1. The van der Waals surface area contributed by atoms with Gasteiger partial charge >= 0.3 is 0 Å². The Morgan fingerprint density at radius 3 is 2.21 bits per heavy atom. The van der Waals surface area contributed by atoms with Gasteiger partial charge in [0, 0.05) is 31.6 Å². The summed E-state index contributed by atoms with van der Waals surface area (Å²) in [6.45, 7) is 6.06. The van der Waals surface area contributed by atoms with Crippen molar-refractivity contribution in [2.24, 2.45) is 5.41 Å². The van der Waals surface area contributed by atoms with E-state index in [1.165, 1.54) is 0 Å². The molecule has 1 saturated heterocycles. The van der Waals surface area contributed by atoms with Crippen molar-refractivity contribution in [2.75, 3.05) is 33.2 Å². The van der Waals surface area contributed by atoms with E-state index >= 15 is 0 Å². The lowest BCUT2D eigenvalue weighted by molar-refractivity contribution is -0.138. The number of carbonyl (C=O) groups is 1. The molecule has 1 aliphatic carbocycles.